The molecule has 3 rings (SSSR count). The van der Waals surface area contributed by atoms with Crippen LogP contribution in [0, 0.1) is 11.8 Å². The molecular weight excluding hydrogens is 242 g/mol. The van der Waals surface area contributed by atoms with Crippen LogP contribution in [0.2, 0.25) is 0 Å². The number of nitrogens with two attached hydrogens (primary N) is 1. The minimum Gasteiger partial charge on any atom is -0.495 e. The number of carbonyl (C=O) groups excluding carboxylic acids is 1. The molecule has 0 saturated carbocycles. The molecule has 0 spiro atoms. The van der Waals surface area contributed by atoms with E-state index in [1.807, 2.05) is 12.1 Å². The molecule has 2 aliphatic rings. The number of hydrogen-bond acceptors (Lipinski definition) is 4. The number of ether oxygens (including phenoxy) is 1. The Morgan fingerprint density at radius 2 is 2.05 bits per heavy atom. The minimum absolute atomic E-state index is 0.398. The predicted molar refractivity (Wildman–Crippen MR) is 73.6 cm³/mol. The summed E-state index contributed by atoms with van der Waals surface area (Å²) in [5.41, 5.74) is 6.87. The number of anilines is 1. The molecule has 2 heterocycles. The van der Waals surface area contributed by atoms with Gasteiger partial charge in [0.05, 0.1) is 12.8 Å². The van der Waals surface area contributed by atoms with Gasteiger partial charge in [0.15, 0.2) is 0 Å². The lowest BCUT2D eigenvalue weighted by Gasteiger charge is -2.22. The number of benzene rings is 1. The normalized spacial score (nSPS) is 25.4. The number of rotatable bonds is 3. The summed E-state index contributed by atoms with van der Waals surface area (Å²) in [4.78, 5) is 13.6. The van der Waals surface area contributed by atoms with Crippen molar-refractivity contribution in [3.8, 4) is 5.75 Å². The van der Waals surface area contributed by atoms with Gasteiger partial charge in [-0.2, -0.15) is 0 Å². The van der Waals surface area contributed by atoms with Crippen LogP contribution in [-0.2, 0) is 0 Å². The van der Waals surface area contributed by atoms with Crippen LogP contribution in [0.15, 0.2) is 18.2 Å². The maximum atomic E-state index is 11.3. The number of primary amides is 1. The highest BCUT2D eigenvalue weighted by Gasteiger charge is 2.37. The van der Waals surface area contributed by atoms with E-state index in [1.165, 1.54) is 0 Å². The highest BCUT2D eigenvalue weighted by atomic mass is 16.5. The maximum Gasteiger partial charge on any atom is 0.248 e. The topological polar surface area (TPSA) is 67.6 Å². The van der Waals surface area contributed by atoms with Crippen LogP contribution in [0.25, 0.3) is 0 Å². The van der Waals surface area contributed by atoms with Crippen LogP contribution in [0.1, 0.15) is 10.4 Å². The summed E-state index contributed by atoms with van der Waals surface area (Å²) in [7, 11) is 1.65. The van der Waals surface area contributed by atoms with Gasteiger partial charge in [-0.25, -0.2) is 0 Å². The van der Waals surface area contributed by atoms with Crippen LogP contribution < -0.4 is 20.7 Å². The zero-order valence-corrected chi connectivity index (χ0v) is 11.1. The molecular formula is C14H19N3O2. The van der Waals surface area contributed by atoms with E-state index in [1.54, 1.807) is 13.2 Å². The lowest BCUT2D eigenvalue weighted by molar-refractivity contribution is 0.100. The number of methoxy groups -OCH3 is 1. The van der Waals surface area contributed by atoms with Gasteiger partial charge in [-0.15, -0.1) is 0 Å². The molecule has 2 fully saturated rings. The van der Waals surface area contributed by atoms with Crippen LogP contribution in [0.3, 0.4) is 0 Å². The molecule has 3 N–H and O–H groups in total. The van der Waals surface area contributed by atoms with Crippen molar-refractivity contribution in [1.82, 2.24) is 5.32 Å². The number of nitrogens with one attached hydrogen (secondary N) is 1. The molecule has 2 atom stereocenters. The third kappa shape index (κ3) is 2.14. The summed E-state index contributed by atoms with van der Waals surface area (Å²) >= 11 is 0. The van der Waals surface area contributed by atoms with Crippen LogP contribution in [0.4, 0.5) is 5.69 Å². The van der Waals surface area contributed by atoms with Gasteiger partial charge < -0.3 is 20.7 Å². The zero-order chi connectivity index (χ0) is 13.4. The van der Waals surface area contributed by atoms with E-state index in [2.05, 4.69) is 10.2 Å². The average molecular weight is 261 g/mol. The standard InChI is InChI=1S/C14H19N3O2/c1-19-13-3-2-9(14(15)18)4-12(13)17-7-10-5-16-6-11(10)8-17/h2-4,10-11,16H,5-8H2,1H3,(H2,15,18). The number of fused-ring (bicyclic) bond motifs is 1. The third-order valence-electron chi connectivity index (χ3n) is 4.19. The fourth-order valence-electron chi connectivity index (χ4n) is 3.14. The Bertz CT molecular complexity index is 491. The van der Waals surface area contributed by atoms with Gasteiger partial charge in [-0.1, -0.05) is 0 Å². The number of carbonyl (C=O) groups is 1. The summed E-state index contributed by atoms with van der Waals surface area (Å²) in [6, 6.07) is 5.38. The quantitative estimate of drug-likeness (QED) is 0.829. The first-order chi connectivity index (χ1) is 9.19. The monoisotopic (exact) mass is 261 g/mol. The van der Waals surface area contributed by atoms with Gasteiger partial charge in [0.2, 0.25) is 5.91 Å². The van der Waals surface area contributed by atoms with Crippen molar-refractivity contribution >= 4 is 11.6 Å². The molecule has 2 aliphatic heterocycles. The molecule has 19 heavy (non-hydrogen) atoms. The lowest BCUT2D eigenvalue weighted by Crippen LogP contribution is -2.26. The van der Waals surface area contributed by atoms with Gasteiger partial charge in [-0.3, -0.25) is 4.79 Å². The number of hydrogen-bond donors (Lipinski definition) is 2. The molecule has 5 nitrogen and oxygen atoms in total. The summed E-state index contributed by atoms with van der Waals surface area (Å²) in [5, 5.41) is 3.42. The molecule has 2 unspecified atom stereocenters. The minimum atomic E-state index is -0.398. The van der Waals surface area contributed by atoms with Gasteiger partial charge >= 0.3 is 0 Å². The van der Waals surface area contributed by atoms with Gasteiger partial charge in [0.1, 0.15) is 5.75 Å². The molecule has 1 aromatic rings. The fraction of sp³-hybridized carbons (Fsp3) is 0.500. The highest BCUT2D eigenvalue weighted by Crippen LogP contribution is 2.36. The molecule has 2 saturated heterocycles. The van der Waals surface area contributed by atoms with E-state index >= 15 is 0 Å². The van der Waals surface area contributed by atoms with E-state index in [4.69, 9.17) is 10.5 Å². The van der Waals surface area contributed by atoms with Crippen molar-refractivity contribution in [1.29, 1.82) is 0 Å². The van der Waals surface area contributed by atoms with Crippen LogP contribution in [-0.4, -0.2) is 39.2 Å². The summed E-state index contributed by atoms with van der Waals surface area (Å²) in [5.74, 6) is 1.80. The number of nitrogens with zero attached hydrogens (tertiary/aromatic N) is 1. The molecule has 102 valence electrons. The van der Waals surface area contributed by atoms with E-state index < -0.39 is 5.91 Å². The molecule has 1 amide bonds. The fourth-order valence-corrected chi connectivity index (χ4v) is 3.14. The van der Waals surface area contributed by atoms with E-state index in [9.17, 15) is 4.79 Å². The predicted octanol–water partition coefficient (Wildman–Crippen LogP) is 0.450. The summed E-state index contributed by atoms with van der Waals surface area (Å²) in [6.07, 6.45) is 0. The highest BCUT2D eigenvalue weighted by molar-refractivity contribution is 5.94. The van der Waals surface area contributed by atoms with Crippen molar-refractivity contribution in [3.05, 3.63) is 23.8 Å². The Hall–Kier alpha value is -1.75. The maximum absolute atomic E-state index is 11.3. The Kier molecular flexibility index (Phi) is 3.06. The molecule has 0 aliphatic carbocycles. The summed E-state index contributed by atoms with van der Waals surface area (Å²) in [6.45, 7) is 4.18. The second kappa shape index (κ2) is 4.74. The smallest absolute Gasteiger partial charge is 0.248 e. The van der Waals surface area contributed by atoms with Gasteiger partial charge in [-0.05, 0) is 30.0 Å². The average Bonchev–Trinajstić information content (AvgIpc) is 2.98. The first kappa shape index (κ1) is 12.3. The first-order valence-corrected chi connectivity index (χ1v) is 6.62. The van der Waals surface area contributed by atoms with Crippen molar-refractivity contribution in [3.63, 3.8) is 0 Å². The first-order valence-electron chi connectivity index (χ1n) is 6.62. The van der Waals surface area contributed by atoms with Crippen molar-refractivity contribution in [2.45, 2.75) is 0 Å². The molecule has 0 aromatic heterocycles. The van der Waals surface area contributed by atoms with E-state index in [0.29, 0.717) is 17.4 Å². The molecule has 0 radical (unpaired) electrons. The van der Waals surface area contributed by atoms with Gasteiger partial charge in [0, 0.05) is 31.7 Å². The third-order valence-corrected chi connectivity index (χ3v) is 4.19. The Balaban J connectivity index is 1.90. The second-order valence-corrected chi connectivity index (χ2v) is 5.33. The zero-order valence-electron chi connectivity index (χ0n) is 11.1. The molecule has 0 bridgehead atoms. The van der Waals surface area contributed by atoms with Crippen LogP contribution >= 0.6 is 0 Å². The Morgan fingerprint density at radius 1 is 1.37 bits per heavy atom. The Labute approximate surface area is 112 Å². The van der Waals surface area contributed by atoms with Crippen molar-refractivity contribution in [2.75, 3.05) is 38.2 Å². The van der Waals surface area contributed by atoms with E-state index in [-0.39, 0.29) is 0 Å². The summed E-state index contributed by atoms with van der Waals surface area (Å²) < 4.78 is 5.41. The largest absolute Gasteiger partial charge is 0.495 e. The van der Waals surface area contributed by atoms with E-state index in [0.717, 1.165) is 37.6 Å². The lowest BCUT2D eigenvalue weighted by atomic mass is 10.0. The van der Waals surface area contributed by atoms with Gasteiger partial charge in [0.25, 0.3) is 0 Å². The van der Waals surface area contributed by atoms with Crippen LogP contribution in [0.5, 0.6) is 5.75 Å². The number of amides is 1. The van der Waals surface area contributed by atoms with Crippen molar-refractivity contribution < 1.29 is 9.53 Å². The molecule has 1 aromatic carbocycles. The SMILES string of the molecule is COc1ccc(C(N)=O)cc1N1CC2CNCC2C1. The Morgan fingerprint density at radius 3 is 2.63 bits per heavy atom. The second-order valence-electron chi connectivity index (χ2n) is 5.33. The van der Waals surface area contributed by atoms with Crippen molar-refractivity contribution in [2.24, 2.45) is 17.6 Å². The molecule has 5 heteroatoms.